The van der Waals surface area contributed by atoms with E-state index in [1.54, 1.807) is 24.5 Å². The lowest BCUT2D eigenvalue weighted by Crippen LogP contribution is -2.07. The number of thioether (sulfide) groups is 1. The topological polar surface area (TPSA) is 59.4 Å². The molecule has 0 saturated heterocycles. The van der Waals surface area contributed by atoms with Crippen molar-refractivity contribution in [2.45, 2.75) is 17.1 Å². The molecule has 3 aromatic rings. The summed E-state index contributed by atoms with van der Waals surface area (Å²) in [6, 6.07) is 6.64. The van der Waals surface area contributed by atoms with Gasteiger partial charge in [-0.2, -0.15) is 18.3 Å². The van der Waals surface area contributed by atoms with Crippen LogP contribution in [0.5, 0.6) is 0 Å². The summed E-state index contributed by atoms with van der Waals surface area (Å²) in [5.74, 6) is 0.838. The standard InChI is InChI=1S/C14H10F3N5S2/c15-14(16,17)9-3-1-4-10(7-9)22-11(20-21-13(22)23)8-24-12-18-5-2-6-19-12/h1-7H,8H2,(H,21,23). The van der Waals surface area contributed by atoms with Crippen LogP contribution >= 0.6 is 24.0 Å². The molecule has 0 radical (unpaired) electrons. The number of halogens is 3. The van der Waals surface area contributed by atoms with E-state index in [2.05, 4.69) is 20.2 Å². The van der Waals surface area contributed by atoms with Gasteiger partial charge in [0.2, 0.25) is 0 Å². The van der Waals surface area contributed by atoms with Gasteiger partial charge in [-0.05, 0) is 36.5 Å². The maximum absolute atomic E-state index is 12.9. The summed E-state index contributed by atoms with van der Waals surface area (Å²) in [5.41, 5.74) is -0.443. The number of rotatable bonds is 4. The van der Waals surface area contributed by atoms with Gasteiger partial charge < -0.3 is 0 Å². The molecule has 0 spiro atoms. The van der Waals surface area contributed by atoms with Gasteiger partial charge in [0.05, 0.1) is 17.0 Å². The Morgan fingerprint density at radius 1 is 1.17 bits per heavy atom. The lowest BCUT2D eigenvalue weighted by atomic mass is 10.2. The first-order valence-electron chi connectivity index (χ1n) is 6.69. The Hall–Kier alpha value is -2.20. The van der Waals surface area contributed by atoms with Crippen LogP contribution in [0.25, 0.3) is 5.69 Å². The van der Waals surface area contributed by atoms with Crippen LogP contribution < -0.4 is 0 Å². The quantitative estimate of drug-likeness (QED) is 0.427. The Labute approximate surface area is 144 Å². The van der Waals surface area contributed by atoms with Crippen molar-refractivity contribution < 1.29 is 13.2 Å². The van der Waals surface area contributed by atoms with Crippen molar-refractivity contribution in [1.29, 1.82) is 0 Å². The van der Waals surface area contributed by atoms with Crippen molar-refractivity contribution in [2.24, 2.45) is 0 Å². The van der Waals surface area contributed by atoms with E-state index in [0.29, 0.717) is 22.4 Å². The van der Waals surface area contributed by atoms with Gasteiger partial charge in [0, 0.05) is 12.4 Å². The number of nitrogens with zero attached hydrogens (tertiary/aromatic N) is 4. The third-order valence-electron chi connectivity index (χ3n) is 3.05. The lowest BCUT2D eigenvalue weighted by molar-refractivity contribution is -0.137. The van der Waals surface area contributed by atoms with Gasteiger partial charge in [-0.3, -0.25) is 9.67 Å². The predicted octanol–water partition coefficient (Wildman–Crippen LogP) is 4.03. The molecule has 0 unspecified atom stereocenters. The molecule has 124 valence electrons. The SMILES string of the molecule is FC(F)(F)c1cccc(-n2c(CSc3ncccn3)n[nH]c2=S)c1. The van der Waals surface area contributed by atoms with Gasteiger partial charge in [0.15, 0.2) is 9.93 Å². The zero-order valence-corrected chi connectivity index (χ0v) is 13.6. The minimum absolute atomic E-state index is 0.221. The summed E-state index contributed by atoms with van der Waals surface area (Å²) in [7, 11) is 0. The first kappa shape index (κ1) is 16.7. The molecule has 0 saturated carbocycles. The van der Waals surface area contributed by atoms with Gasteiger partial charge in [0.25, 0.3) is 0 Å². The number of H-pyrrole nitrogens is 1. The summed E-state index contributed by atoms with van der Waals surface area (Å²) in [5, 5.41) is 7.24. The van der Waals surface area contributed by atoms with Crippen LogP contribution in [0.3, 0.4) is 0 Å². The summed E-state index contributed by atoms with van der Waals surface area (Å²) in [4.78, 5) is 8.16. The Morgan fingerprint density at radius 2 is 1.92 bits per heavy atom. The van der Waals surface area contributed by atoms with Crippen LogP contribution in [0.4, 0.5) is 13.2 Å². The van der Waals surface area contributed by atoms with Crippen LogP contribution in [-0.2, 0) is 11.9 Å². The Morgan fingerprint density at radius 3 is 2.62 bits per heavy atom. The Balaban J connectivity index is 1.92. The van der Waals surface area contributed by atoms with Gasteiger partial charge in [-0.15, -0.1) is 0 Å². The van der Waals surface area contributed by atoms with Crippen LogP contribution in [-0.4, -0.2) is 24.7 Å². The summed E-state index contributed by atoms with van der Waals surface area (Å²) < 4.78 is 40.4. The maximum Gasteiger partial charge on any atom is 0.416 e. The van der Waals surface area contributed by atoms with Gasteiger partial charge >= 0.3 is 6.18 Å². The van der Waals surface area contributed by atoms with E-state index in [1.807, 2.05) is 0 Å². The molecular weight excluding hydrogens is 359 g/mol. The summed E-state index contributed by atoms with van der Waals surface area (Å²) in [6.07, 6.45) is -1.20. The highest BCUT2D eigenvalue weighted by atomic mass is 32.2. The maximum atomic E-state index is 12.9. The summed E-state index contributed by atoms with van der Waals surface area (Å²) in [6.45, 7) is 0. The highest BCUT2D eigenvalue weighted by Gasteiger charge is 2.30. The third kappa shape index (κ3) is 3.65. The van der Waals surface area contributed by atoms with Crippen molar-refractivity contribution in [1.82, 2.24) is 24.7 Å². The van der Waals surface area contributed by atoms with Crippen molar-refractivity contribution in [3.63, 3.8) is 0 Å². The molecule has 5 nitrogen and oxygen atoms in total. The molecule has 3 rings (SSSR count). The van der Waals surface area contributed by atoms with Gasteiger partial charge in [-0.25, -0.2) is 9.97 Å². The highest BCUT2D eigenvalue weighted by Crippen LogP contribution is 2.31. The minimum atomic E-state index is -4.42. The molecule has 2 heterocycles. The second-order valence-electron chi connectivity index (χ2n) is 4.65. The average molecular weight is 369 g/mol. The molecule has 0 bridgehead atoms. The molecule has 10 heteroatoms. The van der Waals surface area contributed by atoms with E-state index in [9.17, 15) is 13.2 Å². The Bertz CT molecular complexity index is 889. The number of aromatic amines is 1. The molecule has 1 N–H and O–H groups in total. The molecule has 2 aromatic heterocycles. The fraction of sp³-hybridized carbons (Fsp3) is 0.143. The second-order valence-corrected chi connectivity index (χ2v) is 5.98. The zero-order valence-electron chi connectivity index (χ0n) is 12.0. The average Bonchev–Trinajstić information content (AvgIpc) is 2.94. The first-order valence-corrected chi connectivity index (χ1v) is 8.08. The zero-order chi connectivity index (χ0) is 17.2. The number of benzene rings is 1. The monoisotopic (exact) mass is 369 g/mol. The fourth-order valence-electron chi connectivity index (χ4n) is 2.00. The minimum Gasteiger partial charge on any atom is -0.271 e. The first-order chi connectivity index (χ1) is 11.4. The van der Waals surface area contributed by atoms with E-state index in [4.69, 9.17) is 12.2 Å². The van der Waals surface area contributed by atoms with Crippen LogP contribution in [0.1, 0.15) is 11.4 Å². The van der Waals surface area contributed by atoms with Crippen LogP contribution in [0, 0.1) is 4.77 Å². The van der Waals surface area contributed by atoms with Crippen molar-refractivity contribution in [3.05, 3.63) is 58.9 Å². The van der Waals surface area contributed by atoms with Gasteiger partial charge in [0.1, 0.15) is 5.82 Å². The van der Waals surface area contributed by atoms with Gasteiger partial charge in [-0.1, -0.05) is 17.8 Å². The van der Waals surface area contributed by atoms with Crippen molar-refractivity contribution >= 4 is 24.0 Å². The number of hydrogen-bond acceptors (Lipinski definition) is 5. The summed E-state index contributed by atoms with van der Waals surface area (Å²) >= 11 is 6.46. The van der Waals surface area contributed by atoms with E-state index < -0.39 is 11.7 Å². The molecule has 0 aliphatic heterocycles. The van der Waals surface area contributed by atoms with E-state index in [1.165, 1.54) is 22.4 Å². The van der Waals surface area contributed by atoms with E-state index >= 15 is 0 Å². The van der Waals surface area contributed by atoms with E-state index in [0.717, 1.165) is 12.1 Å². The van der Waals surface area contributed by atoms with Crippen molar-refractivity contribution in [3.8, 4) is 5.69 Å². The molecule has 0 amide bonds. The molecule has 1 aromatic carbocycles. The second kappa shape index (κ2) is 6.73. The van der Waals surface area contributed by atoms with Crippen LogP contribution in [0.15, 0.2) is 47.9 Å². The molecule has 0 aliphatic rings. The largest absolute Gasteiger partial charge is 0.416 e. The predicted molar refractivity (Wildman–Crippen MR) is 85.3 cm³/mol. The molecule has 0 aliphatic carbocycles. The number of alkyl halides is 3. The molecular formula is C14H10F3N5S2. The van der Waals surface area contributed by atoms with E-state index in [-0.39, 0.29) is 4.77 Å². The molecule has 0 atom stereocenters. The fourth-order valence-corrected chi connectivity index (χ4v) is 2.98. The third-order valence-corrected chi connectivity index (χ3v) is 4.19. The lowest BCUT2D eigenvalue weighted by Gasteiger charge is -2.10. The molecule has 24 heavy (non-hydrogen) atoms. The number of nitrogens with one attached hydrogen (secondary N) is 1. The van der Waals surface area contributed by atoms with Crippen molar-refractivity contribution in [2.75, 3.05) is 0 Å². The highest BCUT2D eigenvalue weighted by molar-refractivity contribution is 7.98. The smallest absolute Gasteiger partial charge is 0.271 e. The number of aromatic nitrogens is 5. The number of hydrogen-bond donors (Lipinski definition) is 1. The normalized spacial score (nSPS) is 11.6. The van der Waals surface area contributed by atoms with Crippen LogP contribution in [0.2, 0.25) is 0 Å². The Kier molecular flexibility index (Phi) is 4.67. The molecule has 0 fully saturated rings.